The average Bonchev–Trinajstić information content (AvgIpc) is 3.30. The number of carbonyl (C=O) groups is 1. The van der Waals surface area contributed by atoms with Crippen LogP contribution < -0.4 is 10.7 Å². The van der Waals surface area contributed by atoms with Crippen molar-refractivity contribution in [1.29, 1.82) is 0 Å². The number of carboxylic acids is 1. The summed E-state index contributed by atoms with van der Waals surface area (Å²) in [6.45, 7) is 3.85. The first kappa shape index (κ1) is 23.2. The fourth-order valence-corrected chi connectivity index (χ4v) is 4.53. The van der Waals surface area contributed by atoms with E-state index in [0.717, 1.165) is 27.8 Å². The van der Waals surface area contributed by atoms with E-state index < -0.39 is 5.97 Å². The van der Waals surface area contributed by atoms with Crippen LogP contribution in [0.1, 0.15) is 34.5 Å². The Kier molecular flexibility index (Phi) is 5.94. The summed E-state index contributed by atoms with van der Waals surface area (Å²) in [6.07, 6.45) is 4.03. The van der Waals surface area contributed by atoms with Gasteiger partial charge in [-0.3, -0.25) is 4.79 Å². The number of aromatic carboxylic acids is 1. The maximum absolute atomic E-state index is 13.2. The smallest absolute Gasteiger partial charge is 0.337 e. The topological polar surface area (TPSA) is 84.5 Å². The number of hydrogen-bond acceptors (Lipinski definition) is 4. The van der Waals surface area contributed by atoms with Crippen LogP contribution in [-0.2, 0) is 7.05 Å². The Morgan fingerprint density at radius 2 is 1.75 bits per heavy atom. The lowest BCUT2D eigenvalue weighted by Crippen LogP contribution is -2.12. The van der Waals surface area contributed by atoms with Crippen molar-refractivity contribution in [2.24, 2.45) is 7.05 Å². The molecule has 0 fully saturated rings. The van der Waals surface area contributed by atoms with E-state index in [1.54, 1.807) is 24.3 Å². The summed E-state index contributed by atoms with van der Waals surface area (Å²) in [5.41, 5.74) is 5.66. The SMILES string of the molecule is Cc1cc(C(C)Nc2ccccc2C(=O)O)c2oc(-c3cccc(-c4ccn(C)c4)c3)cc(=O)c2c1. The summed E-state index contributed by atoms with van der Waals surface area (Å²) < 4.78 is 8.38. The highest BCUT2D eigenvalue weighted by atomic mass is 16.4. The molecule has 6 nitrogen and oxygen atoms in total. The van der Waals surface area contributed by atoms with Crippen molar-refractivity contribution in [2.75, 3.05) is 5.32 Å². The Labute approximate surface area is 208 Å². The van der Waals surface area contributed by atoms with Crippen LogP contribution in [0.4, 0.5) is 5.69 Å². The molecule has 1 unspecified atom stereocenters. The van der Waals surface area contributed by atoms with Gasteiger partial charge in [0.05, 0.1) is 17.0 Å². The molecule has 2 aromatic heterocycles. The van der Waals surface area contributed by atoms with Crippen LogP contribution in [0.2, 0.25) is 0 Å². The number of para-hydroxylation sites is 1. The molecule has 0 aliphatic rings. The van der Waals surface area contributed by atoms with Gasteiger partial charge in [0.1, 0.15) is 11.3 Å². The van der Waals surface area contributed by atoms with Crippen molar-refractivity contribution in [2.45, 2.75) is 19.9 Å². The molecule has 0 amide bonds. The molecular formula is C30H26N2O4. The molecule has 6 heteroatoms. The third-order valence-corrected chi connectivity index (χ3v) is 6.31. The summed E-state index contributed by atoms with van der Waals surface area (Å²) in [5.74, 6) is -0.528. The predicted octanol–water partition coefficient (Wildman–Crippen LogP) is 6.65. The minimum Gasteiger partial charge on any atom is -0.478 e. The van der Waals surface area contributed by atoms with Crippen molar-refractivity contribution < 1.29 is 14.3 Å². The number of aryl methyl sites for hydroxylation is 2. The van der Waals surface area contributed by atoms with Gasteiger partial charge in [-0.2, -0.15) is 0 Å². The summed E-state index contributed by atoms with van der Waals surface area (Å²) >= 11 is 0. The van der Waals surface area contributed by atoms with Crippen molar-refractivity contribution in [3.05, 3.63) is 112 Å². The number of fused-ring (bicyclic) bond motifs is 1. The van der Waals surface area contributed by atoms with Gasteiger partial charge in [-0.25, -0.2) is 4.79 Å². The number of nitrogens with zero attached hydrogens (tertiary/aromatic N) is 1. The molecule has 180 valence electrons. The second-order valence-electron chi connectivity index (χ2n) is 9.07. The van der Waals surface area contributed by atoms with Gasteiger partial charge in [-0.1, -0.05) is 36.4 Å². The lowest BCUT2D eigenvalue weighted by atomic mass is 9.99. The number of rotatable bonds is 6. The zero-order chi connectivity index (χ0) is 25.4. The normalized spacial score (nSPS) is 12.0. The van der Waals surface area contributed by atoms with Crippen molar-refractivity contribution in [3.8, 4) is 22.5 Å². The number of benzene rings is 3. The molecule has 0 saturated heterocycles. The Morgan fingerprint density at radius 1 is 0.972 bits per heavy atom. The van der Waals surface area contributed by atoms with Crippen molar-refractivity contribution in [1.82, 2.24) is 4.57 Å². The largest absolute Gasteiger partial charge is 0.478 e. The molecule has 5 aromatic rings. The molecule has 0 radical (unpaired) electrons. The highest BCUT2D eigenvalue weighted by Gasteiger charge is 2.18. The predicted molar refractivity (Wildman–Crippen MR) is 143 cm³/mol. The van der Waals surface area contributed by atoms with Gasteiger partial charge >= 0.3 is 5.97 Å². The highest BCUT2D eigenvalue weighted by molar-refractivity contribution is 5.94. The zero-order valence-corrected chi connectivity index (χ0v) is 20.3. The molecular weight excluding hydrogens is 452 g/mol. The molecule has 0 saturated carbocycles. The van der Waals surface area contributed by atoms with Gasteiger partial charge in [0.15, 0.2) is 5.43 Å². The van der Waals surface area contributed by atoms with Crippen LogP contribution >= 0.6 is 0 Å². The van der Waals surface area contributed by atoms with Crippen LogP contribution in [-0.4, -0.2) is 15.6 Å². The summed E-state index contributed by atoms with van der Waals surface area (Å²) in [5, 5.41) is 13.4. The molecule has 2 heterocycles. The maximum Gasteiger partial charge on any atom is 0.337 e. The van der Waals surface area contributed by atoms with Gasteiger partial charge in [-0.15, -0.1) is 0 Å². The first-order valence-electron chi connectivity index (χ1n) is 11.7. The highest BCUT2D eigenvalue weighted by Crippen LogP contribution is 2.32. The van der Waals surface area contributed by atoms with Gasteiger partial charge in [0, 0.05) is 42.3 Å². The van der Waals surface area contributed by atoms with E-state index in [2.05, 4.69) is 5.32 Å². The van der Waals surface area contributed by atoms with Gasteiger partial charge in [-0.05, 0) is 60.9 Å². The number of nitrogens with one attached hydrogen (secondary N) is 1. The number of anilines is 1. The first-order valence-corrected chi connectivity index (χ1v) is 11.7. The number of carboxylic acid groups (broad SMARTS) is 1. The molecule has 2 N–H and O–H groups in total. The lowest BCUT2D eigenvalue weighted by molar-refractivity contribution is 0.0698. The fourth-order valence-electron chi connectivity index (χ4n) is 4.53. The number of hydrogen-bond donors (Lipinski definition) is 2. The molecule has 0 bridgehead atoms. The molecule has 0 spiro atoms. The van der Waals surface area contributed by atoms with E-state index in [9.17, 15) is 14.7 Å². The van der Waals surface area contributed by atoms with E-state index in [4.69, 9.17) is 4.42 Å². The second-order valence-corrected chi connectivity index (χ2v) is 9.07. The van der Waals surface area contributed by atoms with Crippen LogP contribution in [0.15, 0.2) is 94.4 Å². The van der Waals surface area contributed by atoms with Gasteiger partial charge < -0.3 is 19.4 Å². The molecule has 3 aromatic carbocycles. The summed E-state index contributed by atoms with van der Waals surface area (Å²) in [6, 6.07) is 21.7. The Bertz CT molecular complexity index is 1660. The van der Waals surface area contributed by atoms with Gasteiger partial charge in [0.2, 0.25) is 0 Å². The fraction of sp³-hybridized carbons (Fsp3) is 0.133. The Morgan fingerprint density at radius 3 is 2.50 bits per heavy atom. The maximum atomic E-state index is 13.2. The van der Waals surface area contributed by atoms with E-state index in [-0.39, 0.29) is 17.0 Å². The third kappa shape index (κ3) is 4.41. The molecule has 1 atom stereocenters. The van der Waals surface area contributed by atoms with E-state index in [1.165, 1.54) is 6.07 Å². The monoisotopic (exact) mass is 478 g/mol. The van der Waals surface area contributed by atoms with Gasteiger partial charge in [0.25, 0.3) is 0 Å². The van der Waals surface area contributed by atoms with Crippen molar-refractivity contribution >= 4 is 22.6 Å². The third-order valence-electron chi connectivity index (χ3n) is 6.31. The van der Waals surface area contributed by atoms with Crippen molar-refractivity contribution in [3.63, 3.8) is 0 Å². The molecule has 0 aliphatic carbocycles. The first-order chi connectivity index (χ1) is 17.3. The minimum absolute atomic E-state index is 0.126. The molecule has 0 aliphatic heterocycles. The van der Waals surface area contributed by atoms with Crippen LogP contribution in [0.25, 0.3) is 33.4 Å². The lowest BCUT2D eigenvalue weighted by Gasteiger charge is -2.19. The van der Waals surface area contributed by atoms with Crippen LogP contribution in [0, 0.1) is 6.92 Å². The van der Waals surface area contributed by atoms with Crippen LogP contribution in [0.5, 0.6) is 0 Å². The molecule has 36 heavy (non-hydrogen) atoms. The Hall–Kier alpha value is -4.58. The Balaban J connectivity index is 1.61. The summed E-state index contributed by atoms with van der Waals surface area (Å²) in [4.78, 5) is 24.9. The van der Waals surface area contributed by atoms with E-state index >= 15 is 0 Å². The van der Waals surface area contributed by atoms with E-state index in [1.807, 2.05) is 80.3 Å². The minimum atomic E-state index is -1.01. The average molecular weight is 479 g/mol. The standard InChI is InChI=1S/C30H26N2O4/c1-18-13-24(19(2)31-26-10-5-4-9-23(26)30(34)35)29-25(14-18)27(33)16-28(36-29)21-8-6-7-20(15-21)22-11-12-32(3)17-22/h4-17,19,31H,1-3H3,(H,34,35). The quantitative estimate of drug-likeness (QED) is 0.286. The van der Waals surface area contributed by atoms with E-state index in [0.29, 0.717) is 22.4 Å². The number of aromatic nitrogens is 1. The zero-order valence-electron chi connectivity index (χ0n) is 20.3. The molecule has 5 rings (SSSR count). The second kappa shape index (κ2) is 9.23. The summed E-state index contributed by atoms with van der Waals surface area (Å²) in [7, 11) is 1.98. The van der Waals surface area contributed by atoms with Crippen LogP contribution in [0.3, 0.4) is 0 Å².